The van der Waals surface area contributed by atoms with Crippen molar-refractivity contribution in [1.82, 2.24) is 15.0 Å². The first-order valence-electron chi connectivity index (χ1n) is 11.0. The number of ether oxygens (including phenoxy) is 3. The van der Waals surface area contributed by atoms with Gasteiger partial charge in [0.2, 0.25) is 16.5 Å². The average Bonchev–Trinajstić information content (AvgIpc) is 3.78. The second kappa shape index (κ2) is 13.0. The van der Waals surface area contributed by atoms with Crippen LogP contribution in [0.5, 0.6) is 5.75 Å². The highest BCUT2D eigenvalue weighted by Crippen LogP contribution is 2.24. The molecule has 0 amide bonds. The Morgan fingerprint density at radius 1 is 0.806 bits per heavy atom. The quantitative estimate of drug-likeness (QED) is 0.286. The number of para-hydroxylation sites is 1. The zero-order chi connectivity index (χ0) is 25.3. The Morgan fingerprint density at radius 2 is 1.39 bits per heavy atom. The zero-order valence-corrected chi connectivity index (χ0v) is 21.2. The van der Waals surface area contributed by atoms with E-state index in [0.717, 1.165) is 37.2 Å². The lowest BCUT2D eigenvalue weighted by atomic mass is 10.1. The van der Waals surface area contributed by atoms with E-state index in [1.807, 2.05) is 48.5 Å². The van der Waals surface area contributed by atoms with Crippen LogP contribution in [0.15, 0.2) is 66.7 Å². The molecule has 2 atom stereocenters. The molecule has 6 rings (SSSR count). The van der Waals surface area contributed by atoms with Gasteiger partial charge in [-0.2, -0.15) is 15.0 Å². The fourth-order valence-electron chi connectivity index (χ4n) is 2.93. The molecule has 3 aromatic carbocycles. The molecule has 0 radical (unpaired) electrons. The molecule has 188 valence electrons. The highest BCUT2D eigenvalue weighted by Gasteiger charge is 2.26. The lowest BCUT2D eigenvalue weighted by Crippen LogP contribution is -2.06. The van der Waals surface area contributed by atoms with Crippen molar-refractivity contribution in [1.29, 1.82) is 0 Å². The first-order valence-corrected chi connectivity index (χ1v) is 12.2. The summed E-state index contributed by atoms with van der Waals surface area (Å²) in [5, 5.41) is 14.8. The number of hydrogen-bond donors (Lipinski definition) is 2. The summed E-state index contributed by atoms with van der Waals surface area (Å²) in [5.41, 5.74) is 0.669. The average molecular weight is 550 g/mol. The predicted octanol–water partition coefficient (Wildman–Crippen LogP) is 5.92. The topological polar surface area (TPSA) is 105 Å². The lowest BCUT2D eigenvalue weighted by Gasteiger charge is -2.06. The molecule has 2 aliphatic rings. The number of nitrogens with zero attached hydrogens (tertiary/aromatic N) is 3. The van der Waals surface area contributed by atoms with Crippen molar-refractivity contribution in [2.24, 2.45) is 0 Å². The Labute approximate surface area is 223 Å². The number of aromatic nitrogens is 3. The highest BCUT2D eigenvalue weighted by molar-refractivity contribution is 6.33. The molecule has 36 heavy (non-hydrogen) atoms. The number of aromatic hydroxyl groups is 1. The van der Waals surface area contributed by atoms with Gasteiger partial charge in [-0.3, -0.25) is 0 Å². The van der Waals surface area contributed by atoms with Crippen LogP contribution in [0.4, 0.5) is 11.6 Å². The van der Waals surface area contributed by atoms with Crippen molar-refractivity contribution in [3.8, 4) is 5.75 Å². The summed E-state index contributed by atoms with van der Waals surface area (Å²) in [6.07, 6.45) is 0.785. The Bertz CT molecular complexity index is 1250. The number of anilines is 2. The summed E-state index contributed by atoms with van der Waals surface area (Å²) >= 11 is 17.2. The maximum absolute atomic E-state index is 9.37. The summed E-state index contributed by atoms with van der Waals surface area (Å²) in [5.74, 6) is 0.598. The Balaban J connectivity index is 0.000000133. The van der Waals surface area contributed by atoms with Gasteiger partial charge in [0.25, 0.3) is 0 Å². The molecule has 8 nitrogen and oxygen atoms in total. The standard InChI is InChI=1S/C10H8O.C9H5Cl3N4.C6H10O3/c11-10-7-3-5-8-4-1-2-6-9(8)10;10-5-3-1-2-4-6(5)13-9-15-7(11)14-8(12)16-9;1(5-3-8-5)7-2-6-4-9-6/h1-7,11H;1-4H,(H,13,14,15,16);5-6H,1-4H2. The molecular weight excluding hydrogens is 527 g/mol. The number of phenolic OH excluding ortho intramolecular Hbond substituents is 1. The van der Waals surface area contributed by atoms with Crippen LogP contribution in [-0.2, 0) is 14.2 Å². The normalized spacial score (nSPS) is 17.3. The fraction of sp³-hybridized carbons (Fsp3) is 0.240. The van der Waals surface area contributed by atoms with E-state index in [0.29, 0.717) is 28.7 Å². The number of hydrogen-bond acceptors (Lipinski definition) is 8. The Hall–Kier alpha value is -2.72. The summed E-state index contributed by atoms with van der Waals surface area (Å²) in [4.78, 5) is 11.4. The molecule has 4 aromatic rings. The van der Waals surface area contributed by atoms with Gasteiger partial charge in [-0.05, 0) is 46.8 Å². The largest absolute Gasteiger partial charge is 0.507 e. The number of epoxide rings is 2. The number of phenols is 1. The third kappa shape index (κ3) is 8.74. The van der Waals surface area contributed by atoms with Gasteiger partial charge in [-0.1, -0.05) is 60.1 Å². The van der Waals surface area contributed by atoms with Crippen molar-refractivity contribution >= 4 is 57.2 Å². The van der Waals surface area contributed by atoms with Crippen molar-refractivity contribution < 1.29 is 19.3 Å². The van der Waals surface area contributed by atoms with Gasteiger partial charge < -0.3 is 24.6 Å². The predicted molar refractivity (Wildman–Crippen MR) is 140 cm³/mol. The Kier molecular flexibility index (Phi) is 9.52. The summed E-state index contributed by atoms with van der Waals surface area (Å²) in [7, 11) is 0. The first-order chi connectivity index (χ1) is 17.5. The van der Waals surface area contributed by atoms with Gasteiger partial charge in [-0.15, -0.1) is 0 Å². The van der Waals surface area contributed by atoms with Crippen LogP contribution in [0.1, 0.15) is 0 Å². The number of fused-ring (bicyclic) bond motifs is 1. The minimum atomic E-state index is 0.0227. The summed E-state index contributed by atoms with van der Waals surface area (Å²) < 4.78 is 15.1. The summed E-state index contributed by atoms with van der Waals surface area (Å²) in [6.45, 7) is 3.26. The summed E-state index contributed by atoms with van der Waals surface area (Å²) in [6, 6.07) is 20.5. The SMILES string of the molecule is C(OCC1CO1)C1CO1.Clc1nc(Cl)nc(Nc2ccccc2Cl)n1.Oc1cccc2ccccc12. The molecule has 2 unspecified atom stereocenters. The molecule has 1 aromatic heterocycles. The van der Waals surface area contributed by atoms with Gasteiger partial charge in [-0.25, -0.2) is 0 Å². The van der Waals surface area contributed by atoms with E-state index in [4.69, 9.17) is 49.0 Å². The molecule has 0 spiro atoms. The van der Waals surface area contributed by atoms with Crippen LogP contribution in [0, 0.1) is 0 Å². The maximum atomic E-state index is 9.37. The van der Waals surface area contributed by atoms with Gasteiger partial charge >= 0.3 is 0 Å². The van der Waals surface area contributed by atoms with Gasteiger partial charge in [0.1, 0.15) is 18.0 Å². The smallest absolute Gasteiger partial charge is 0.232 e. The molecule has 0 aliphatic carbocycles. The van der Waals surface area contributed by atoms with E-state index in [9.17, 15) is 5.11 Å². The van der Waals surface area contributed by atoms with Crippen molar-refractivity contribution in [3.05, 3.63) is 82.3 Å². The van der Waals surface area contributed by atoms with E-state index in [2.05, 4.69) is 20.3 Å². The molecule has 2 saturated heterocycles. The minimum Gasteiger partial charge on any atom is -0.507 e. The molecular formula is C25H23Cl3N4O4. The Morgan fingerprint density at radius 3 is 2.00 bits per heavy atom. The molecule has 2 N–H and O–H groups in total. The molecule has 3 heterocycles. The van der Waals surface area contributed by atoms with Crippen molar-refractivity contribution in [3.63, 3.8) is 0 Å². The second-order valence-electron chi connectivity index (χ2n) is 7.75. The number of nitrogens with one attached hydrogen (secondary N) is 1. The van der Waals surface area contributed by atoms with Gasteiger partial charge in [0.05, 0.1) is 37.1 Å². The fourth-order valence-corrected chi connectivity index (χ4v) is 3.48. The van der Waals surface area contributed by atoms with E-state index in [1.54, 1.807) is 18.2 Å². The molecule has 11 heteroatoms. The number of rotatable bonds is 6. The monoisotopic (exact) mass is 548 g/mol. The van der Waals surface area contributed by atoms with Crippen LogP contribution in [0.25, 0.3) is 10.8 Å². The zero-order valence-electron chi connectivity index (χ0n) is 19.0. The highest BCUT2D eigenvalue weighted by atomic mass is 35.5. The van der Waals surface area contributed by atoms with E-state index < -0.39 is 0 Å². The van der Waals surface area contributed by atoms with E-state index in [1.165, 1.54) is 0 Å². The molecule has 2 aliphatic heterocycles. The molecule has 0 bridgehead atoms. The molecule has 2 fully saturated rings. The third-order valence-corrected chi connectivity index (χ3v) is 5.55. The molecule has 0 saturated carbocycles. The van der Waals surface area contributed by atoms with E-state index >= 15 is 0 Å². The third-order valence-electron chi connectivity index (χ3n) is 4.88. The van der Waals surface area contributed by atoms with Crippen LogP contribution in [0.3, 0.4) is 0 Å². The first kappa shape index (κ1) is 26.3. The van der Waals surface area contributed by atoms with Crippen LogP contribution in [-0.4, -0.2) is 58.7 Å². The van der Waals surface area contributed by atoms with Crippen molar-refractivity contribution in [2.45, 2.75) is 12.2 Å². The minimum absolute atomic E-state index is 0.0227. The van der Waals surface area contributed by atoms with E-state index in [-0.39, 0.29) is 16.5 Å². The lowest BCUT2D eigenvalue weighted by molar-refractivity contribution is 0.102. The second-order valence-corrected chi connectivity index (χ2v) is 8.83. The number of benzene rings is 3. The van der Waals surface area contributed by atoms with Crippen LogP contribution >= 0.6 is 34.8 Å². The number of halogens is 3. The maximum Gasteiger partial charge on any atom is 0.232 e. The van der Waals surface area contributed by atoms with Gasteiger partial charge in [0.15, 0.2) is 0 Å². The van der Waals surface area contributed by atoms with Crippen LogP contribution < -0.4 is 5.32 Å². The van der Waals surface area contributed by atoms with Gasteiger partial charge in [0, 0.05) is 5.39 Å². The van der Waals surface area contributed by atoms with Crippen LogP contribution in [0.2, 0.25) is 15.6 Å². The van der Waals surface area contributed by atoms with Crippen molar-refractivity contribution in [2.75, 3.05) is 31.7 Å².